The topological polar surface area (TPSA) is 46.5 Å². The Kier molecular flexibility index (Phi) is 4.50. The lowest BCUT2D eigenvalue weighted by Gasteiger charge is -2.15. The monoisotopic (exact) mass is 296 g/mol. The summed E-state index contributed by atoms with van der Waals surface area (Å²) in [5.41, 5.74) is -0.277. The van der Waals surface area contributed by atoms with Gasteiger partial charge in [0.25, 0.3) is 0 Å². The first-order valence-electron chi connectivity index (χ1n) is 5.58. The Bertz CT molecular complexity index is 458. The van der Waals surface area contributed by atoms with E-state index < -0.39 is 25.2 Å². The third-order valence-electron chi connectivity index (χ3n) is 2.27. The van der Waals surface area contributed by atoms with Crippen molar-refractivity contribution in [2.45, 2.75) is 38.8 Å². The SMILES string of the molecule is CC(C)(C)c1cc(OCCC(F)(F)F)c(C(=O)O)s1. The summed E-state index contributed by atoms with van der Waals surface area (Å²) in [6.45, 7) is 5.10. The van der Waals surface area contributed by atoms with Crippen LogP contribution in [-0.4, -0.2) is 23.9 Å². The van der Waals surface area contributed by atoms with Crippen LogP contribution >= 0.6 is 11.3 Å². The van der Waals surface area contributed by atoms with Gasteiger partial charge in [0.1, 0.15) is 5.75 Å². The maximum absolute atomic E-state index is 12.0. The molecule has 0 saturated heterocycles. The van der Waals surface area contributed by atoms with Crippen molar-refractivity contribution < 1.29 is 27.8 Å². The van der Waals surface area contributed by atoms with Crippen molar-refractivity contribution in [2.24, 2.45) is 0 Å². The van der Waals surface area contributed by atoms with Crippen LogP contribution < -0.4 is 4.74 Å². The minimum Gasteiger partial charge on any atom is -0.491 e. The smallest absolute Gasteiger partial charge is 0.392 e. The normalized spacial score (nSPS) is 12.5. The van der Waals surface area contributed by atoms with Crippen molar-refractivity contribution >= 4 is 17.3 Å². The molecule has 1 aromatic heterocycles. The average molecular weight is 296 g/mol. The van der Waals surface area contributed by atoms with Gasteiger partial charge < -0.3 is 9.84 Å². The Morgan fingerprint density at radius 1 is 1.37 bits per heavy atom. The van der Waals surface area contributed by atoms with Crippen LogP contribution in [0.25, 0.3) is 0 Å². The molecule has 1 rings (SSSR count). The molecular weight excluding hydrogens is 281 g/mol. The number of thiophene rings is 1. The fraction of sp³-hybridized carbons (Fsp3) is 0.583. The predicted molar refractivity (Wildman–Crippen MR) is 66.1 cm³/mol. The second-order valence-corrected chi connectivity index (χ2v) is 6.13. The molecule has 3 nitrogen and oxygen atoms in total. The fourth-order valence-electron chi connectivity index (χ4n) is 1.28. The first-order chi connectivity index (χ1) is 8.50. The number of carboxylic acids is 1. The number of rotatable bonds is 4. The van der Waals surface area contributed by atoms with Gasteiger partial charge in [-0.05, 0) is 11.5 Å². The number of hydrogen-bond donors (Lipinski definition) is 1. The van der Waals surface area contributed by atoms with Crippen LogP contribution in [0.4, 0.5) is 13.2 Å². The lowest BCUT2D eigenvalue weighted by atomic mass is 9.95. The second kappa shape index (κ2) is 5.40. The van der Waals surface area contributed by atoms with E-state index in [4.69, 9.17) is 9.84 Å². The van der Waals surface area contributed by atoms with E-state index in [9.17, 15) is 18.0 Å². The third kappa shape index (κ3) is 4.74. The number of halogens is 3. The summed E-state index contributed by atoms with van der Waals surface area (Å²) in [6.07, 6.45) is -5.42. The van der Waals surface area contributed by atoms with Gasteiger partial charge in [-0.25, -0.2) is 4.79 Å². The molecule has 0 saturated carbocycles. The largest absolute Gasteiger partial charge is 0.491 e. The van der Waals surface area contributed by atoms with Crippen molar-refractivity contribution in [3.8, 4) is 5.75 Å². The first-order valence-corrected chi connectivity index (χ1v) is 6.39. The number of alkyl halides is 3. The molecule has 1 aromatic rings. The first kappa shape index (κ1) is 15.8. The van der Waals surface area contributed by atoms with E-state index in [1.54, 1.807) is 0 Å². The molecule has 19 heavy (non-hydrogen) atoms. The molecule has 7 heteroatoms. The molecule has 0 bridgehead atoms. The molecule has 0 radical (unpaired) electrons. The number of aromatic carboxylic acids is 1. The van der Waals surface area contributed by atoms with Gasteiger partial charge in [-0.2, -0.15) is 13.2 Å². The maximum atomic E-state index is 12.0. The molecule has 0 aliphatic heterocycles. The van der Waals surface area contributed by atoms with E-state index in [0.29, 0.717) is 0 Å². The Morgan fingerprint density at radius 3 is 2.37 bits per heavy atom. The highest BCUT2D eigenvalue weighted by molar-refractivity contribution is 7.14. The number of carboxylic acid groups (broad SMARTS) is 1. The Hall–Kier alpha value is -1.24. The highest BCUT2D eigenvalue weighted by atomic mass is 32.1. The summed E-state index contributed by atoms with van der Waals surface area (Å²) >= 11 is 1.03. The molecule has 1 N–H and O–H groups in total. The number of carbonyl (C=O) groups is 1. The minimum absolute atomic E-state index is 0.00618. The van der Waals surface area contributed by atoms with Crippen molar-refractivity contribution in [1.29, 1.82) is 0 Å². The lowest BCUT2D eigenvalue weighted by molar-refractivity contribution is -0.139. The highest BCUT2D eigenvalue weighted by Gasteiger charge is 2.28. The van der Waals surface area contributed by atoms with Crippen molar-refractivity contribution in [3.05, 3.63) is 15.8 Å². The Labute approximate surface area is 113 Å². The second-order valence-electron chi connectivity index (χ2n) is 5.07. The zero-order valence-electron chi connectivity index (χ0n) is 10.8. The van der Waals surface area contributed by atoms with Crippen LogP contribution in [0.5, 0.6) is 5.75 Å². The van der Waals surface area contributed by atoms with E-state index in [1.165, 1.54) is 6.07 Å². The van der Waals surface area contributed by atoms with Crippen LogP contribution in [0.3, 0.4) is 0 Å². The zero-order valence-corrected chi connectivity index (χ0v) is 11.6. The van der Waals surface area contributed by atoms with Crippen LogP contribution in [0.15, 0.2) is 6.07 Å². The lowest BCUT2D eigenvalue weighted by Crippen LogP contribution is -2.13. The summed E-state index contributed by atoms with van der Waals surface area (Å²) in [5.74, 6) is -1.19. The van der Waals surface area contributed by atoms with Gasteiger partial charge in [0.15, 0.2) is 4.88 Å². The molecule has 108 valence electrons. The molecule has 0 aliphatic rings. The van der Waals surface area contributed by atoms with Gasteiger partial charge >= 0.3 is 12.1 Å². The quantitative estimate of drug-likeness (QED) is 0.910. The number of hydrogen-bond acceptors (Lipinski definition) is 3. The van der Waals surface area contributed by atoms with Gasteiger partial charge in [0.05, 0.1) is 13.0 Å². The molecule has 0 amide bonds. The zero-order chi connectivity index (χ0) is 14.8. The molecule has 1 heterocycles. The van der Waals surface area contributed by atoms with Crippen LogP contribution in [0.1, 0.15) is 41.7 Å². The summed E-state index contributed by atoms with van der Waals surface area (Å²) < 4.78 is 41.0. The van der Waals surface area contributed by atoms with Crippen molar-refractivity contribution in [2.75, 3.05) is 6.61 Å². The van der Waals surface area contributed by atoms with Crippen LogP contribution in [-0.2, 0) is 5.41 Å². The van der Waals surface area contributed by atoms with Crippen LogP contribution in [0.2, 0.25) is 0 Å². The summed E-state index contributed by atoms with van der Waals surface area (Å²) in [5, 5.41) is 9.01. The Balaban J connectivity index is 2.87. The fourth-order valence-corrected chi connectivity index (χ4v) is 2.27. The molecular formula is C12H15F3O3S. The molecule has 0 unspecified atom stereocenters. The van der Waals surface area contributed by atoms with E-state index >= 15 is 0 Å². The summed E-state index contributed by atoms with van der Waals surface area (Å²) in [7, 11) is 0. The van der Waals surface area contributed by atoms with Gasteiger partial charge in [-0.1, -0.05) is 20.8 Å². The number of ether oxygens (including phenoxy) is 1. The molecule has 0 aromatic carbocycles. The van der Waals surface area contributed by atoms with E-state index in [-0.39, 0.29) is 16.0 Å². The van der Waals surface area contributed by atoms with E-state index in [0.717, 1.165) is 16.2 Å². The minimum atomic E-state index is -4.31. The standard InChI is InChI=1S/C12H15F3O3S/c1-11(2,3)8-6-7(9(19-8)10(16)17)18-5-4-12(13,14)15/h6H,4-5H2,1-3H3,(H,16,17). The molecule has 0 fully saturated rings. The van der Waals surface area contributed by atoms with Crippen LogP contribution in [0, 0.1) is 0 Å². The van der Waals surface area contributed by atoms with Gasteiger partial charge in [-0.3, -0.25) is 0 Å². The van der Waals surface area contributed by atoms with Gasteiger partial charge in [0, 0.05) is 4.88 Å². The molecule has 0 aliphatic carbocycles. The Morgan fingerprint density at radius 2 is 1.95 bits per heavy atom. The van der Waals surface area contributed by atoms with Gasteiger partial charge in [-0.15, -0.1) is 11.3 Å². The van der Waals surface area contributed by atoms with Crippen molar-refractivity contribution in [3.63, 3.8) is 0 Å². The summed E-state index contributed by atoms with van der Waals surface area (Å²) in [6, 6.07) is 1.50. The van der Waals surface area contributed by atoms with E-state index in [2.05, 4.69) is 0 Å². The molecule has 0 atom stereocenters. The average Bonchev–Trinajstić information content (AvgIpc) is 2.59. The summed E-state index contributed by atoms with van der Waals surface area (Å²) in [4.78, 5) is 11.7. The van der Waals surface area contributed by atoms with E-state index in [1.807, 2.05) is 20.8 Å². The molecule has 0 spiro atoms. The predicted octanol–water partition coefficient (Wildman–Crippen LogP) is 4.08. The highest BCUT2D eigenvalue weighted by Crippen LogP contribution is 2.37. The maximum Gasteiger partial charge on any atom is 0.392 e. The third-order valence-corrected chi connectivity index (χ3v) is 3.80. The van der Waals surface area contributed by atoms with Gasteiger partial charge in [0.2, 0.25) is 0 Å². The van der Waals surface area contributed by atoms with Crippen molar-refractivity contribution in [1.82, 2.24) is 0 Å².